The summed E-state index contributed by atoms with van der Waals surface area (Å²) in [6.07, 6.45) is 7.60. The molecule has 1 unspecified atom stereocenters. The molecule has 1 spiro atoms. The second-order valence-electron chi connectivity index (χ2n) is 12.3. The zero-order chi connectivity index (χ0) is 36.2. The summed E-state index contributed by atoms with van der Waals surface area (Å²) in [5, 5.41) is 29.5. The molecule has 0 saturated carbocycles. The van der Waals surface area contributed by atoms with Crippen molar-refractivity contribution in [2.24, 2.45) is 0 Å². The van der Waals surface area contributed by atoms with Crippen LogP contribution in [0.1, 0.15) is 44.6 Å². The van der Waals surface area contributed by atoms with Gasteiger partial charge in [0.2, 0.25) is 0 Å². The molecule has 1 amide bonds. The molecule has 4 aromatic rings. The monoisotopic (exact) mass is 711 g/mol. The number of alkyl carbamates (subject to hydrolysis) is 1. The van der Waals surface area contributed by atoms with Crippen molar-refractivity contribution >= 4 is 35.1 Å². The van der Waals surface area contributed by atoms with Crippen LogP contribution in [0.4, 0.5) is 10.5 Å². The summed E-state index contributed by atoms with van der Waals surface area (Å²) >= 11 is 5.49. The lowest BCUT2D eigenvalue weighted by atomic mass is 9.77. The predicted molar refractivity (Wildman–Crippen MR) is 200 cm³/mol. The van der Waals surface area contributed by atoms with E-state index in [4.69, 9.17) is 26.4 Å². The molecular formula is C41H33N3O7S. The molecule has 10 nitrogen and oxygen atoms in total. The first-order valence-electron chi connectivity index (χ1n) is 16.5. The maximum atomic E-state index is 13.4. The van der Waals surface area contributed by atoms with Crippen molar-refractivity contribution in [2.75, 3.05) is 18.4 Å². The van der Waals surface area contributed by atoms with Gasteiger partial charge >= 0.3 is 12.1 Å². The Labute approximate surface area is 305 Å². The number of rotatable bonds is 5. The molecule has 11 heteroatoms. The largest absolute Gasteiger partial charge is 0.508 e. The number of hydrogen-bond acceptors (Lipinski definition) is 8. The van der Waals surface area contributed by atoms with Crippen molar-refractivity contribution in [1.29, 1.82) is 0 Å². The number of phenols is 2. The van der Waals surface area contributed by atoms with E-state index < -0.39 is 23.8 Å². The average molecular weight is 712 g/mol. The Morgan fingerprint density at radius 1 is 0.923 bits per heavy atom. The van der Waals surface area contributed by atoms with E-state index in [0.717, 1.165) is 11.1 Å². The number of nitrogens with one attached hydrogen (secondary N) is 3. The first kappa shape index (κ1) is 34.0. The van der Waals surface area contributed by atoms with Crippen LogP contribution in [0.15, 0.2) is 115 Å². The molecule has 0 aromatic heterocycles. The van der Waals surface area contributed by atoms with Crippen molar-refractivity contribution < 1.29 is 34.0 Å². The number of benzene rings is 4. The van der Waals surface area contributed by atoms with E-state index in [-0.39, 0.29) is 23.2 Å². The third-order valence-electron chi connectivity index (χ3n) is 8.75. The van der Waals surface area contributed by atoms with Crippen LogP contribution in [0, 0.1) is 11.8 Å². The van der Waals surface area contributed by atoms with Gasteiger partial charge in [0.15, 0.2) is 10.7 Å². The van der Waals surface area contributed by atoms with E-state index >= 15 is 0 Å². The van der Waals surface area contributed by atoms with Gasteiger partial charge in [-0.2, -0.15) is 0 Å². The summed E-state index contributed by atoms with van der Waals surface area (Å²) in [5.74, 6) is 6.21. The fourth-order valence-corrected chi connectivity index (χ4v) is 6.62. The number of hydrogen-bond donors (Lipinski definition) is 5. The molecule has 260 valence electrons. The Morgan fingerprint density at radius 2 is 1.63 bits per heavy atom. The normalized spacial score (nSPS) is 17.4. The van der Waals surface area contributed by atoms with Crippen molar-refractivity contribution in [2.45, 2.75) is 24.5 Å². The highest BCUT2D eigenvalue weighted by Crippen LogP contribution is 2.57. The van der Waals surface area contributed by atoms with Gasteiger partial charge in [0.05, 0.1) is 5.56 Å². The van der Waals surface area contributed by atoms with E-state index in [2.05, 4.69) is 34.4 Å². The van der Waals surface area contributed by atoms with Crippen LogP contribution in [-0.2, 0) is 21.5 Å². The van der Waals surface area contributed by atoms with Crippen LogP contribution in [0.3, 0.4) is 0 Å². The van der Waals surface area contributed by atoms with Gasteiger partial charge in [0.1, 0.15) is 29.1 Å². The number of carbonyl (C=O) groups is 2. The summed E-state index contributed by atoms with van der Waals surface area (Å²) < 4.78 is 17.9. The van der Waals surface area contributed by atoms with Crippen molar-refractivity contribution in [3.8, 4) is 34.8 Å². The van der Waals surface area contributed by atoms with Crippen molar-refractivity contribution in [1.82, 2.24) is 10.6 Å². The minimum absolute atomic E-state index is 0.0226. The number of allylic oxidation sites excluding steroid dienone is 4. The third kappa shape index (κ3) is 6.92. The molecule has 3 aliphatic rings. The molecule has 1 atom stereocenters. The Balaban J connectivity index is 0.973. The standard InChI is InChI=1S/C41H33N3O7S/c1-25-7-3-2-4-10-31(21-27-9-6-5-8-26(27)12-11-25)49-40(48)43-20-19-42-39(52)44-28-13-16-33-32(22-28)38(47)51-41(33)34-17-14-29(45)23-36(34)50-37-24-30(46)15-18-35(37)41/h2-9,13-18,22-24,31,45-46H,1,10,19-21H2,(H,43,48)(H2,42,44,52)/b4-2-,7-3-. The van der Waals surface area contributed by atoms with Gasteiger partial charge in [-0.3, -0.25) is 0 Å². The SMILES string of the molecule is C=C1C#Cc2ccccc2CC(OC(=O)NCCNC(=S)Nc2ccc3c(c2)C(=O)OC32c3ccc(O)cc3Oc3cc(O)ccc32)C/C=C\C=C/1. The molecule has 0 bridgehead atoms. The number of amides is 1. The highest BCUT2D eigenvalue weighted by molar-refractivity contribution is 7.80. The summed E-state index contributed by atoms with van der Waals surface area (Å²) in [6, 6.07) is 22.2. The van der Waals surface area contributed by atoms with Gasteiger partial charge in [-0.25, -0.2) is 9.59 Å². The molecule has 2 aliphatic heterocycles. The van der Waals surface area contributed by atoms with Crippen LogP contribution >= 0.6 is 12.2 Å². The lowest BCUT2D eigenvalue weighted by Crippen LogP contribution is -2.38. The highest BCUT2D eigenvalue weighted by Gasteiger charge is 2.53. The predicted octanol–water partition coefficient (Wildman–Crippen LogP) is 6.71. The Morgan fingerprint density at radius 3 is 2.40 bits per heavy atom. The summed E-state index contributed by atoms with van der Waals surface area (Å²) in [6.45, 7) is 4.51. The van der Waals surface area contributed by atoms with Crippen LogP contribution in [-0.4, -0.2) is 46.6 Å². The minimum atomic E-state index is -1.36. The second-order valence-corrected chi connectivity index (χ2v) is 12.7. The molecule has 0 saturated heterocycles. The van der Waals surface area contributed by atoms with Gasteiger partial charge in [-0.05, 0) is 66.3 Å². The lowest BCUT2D eigenvalue weighted by molar-refractivity contribution is 0.0224. The fourth-order valence-electron chi connectivity index (χ4n) is 6.40. The molecule has 1 aliphatic carbocycles. The zero-order valence-electron chi connectivity index (χ0n) is 27.8. The van der Waals surface area contributed by atoms with Gasteiger partial charge in [0.25, 0.3) is 0 Å². The zero-order valence-corrected chi connectivity index (χ0v) is 28.6. The first-order valence-corrected chi connectivity index (χ1v) is 16.9. The summed E-state index contributed by atoms with van der Waals surface area (Å²) in [7, 11) is 0. The average Bonchev–Trinajstić information content (AvgIpc) is 3.40. The van der Waals surface area contributed by atoms with Gasteiger partial charge in [0, 0.05) is 71.6 Å². The molecule has 5 N–H and O–H groups in total. The number of esters is 1. The number of ether oxygens (including phenoxy) is 3. The van der Waals surface area contributed by atoms with E-state index in [9.17, 15) is 19.8 Å². The van der Waals surface area contributed by atoms with Crippen molar-refractivity contribution in [3.05, 3.63) is 149 Å². The number of aromatic hydroxyl groups is 2. The summed E-state index contributed by atoms with van der Waals surface area (Å²) in [4.78, 5) is 26.2. The van der Waals surface area contributed by atoms with E-state index in [1.807, 2.05) is 48.6 Å². The van der Waals surface area contributed by atoms with Crippen LogP contribution < -0.4 is 20.7 Å². The summed E-state index contributed by atoms with van der Waals surface area (Å²) in [5.41, 5.74) is 3.69. The second kappa shape index (κ2) is 14.4. The van der Waals surface area contributed by atoms with Crippen LogP contribution in [0.5, 0.6) is 23.0 Å². The van der Waals surface area contributed by atoms with Crippen LogP contribution in [0.2, 0.25) is 0 Å². The molecule has 2 heterocycles. The van der Waals surface area contributed by atoms with Gasteiger partial charge in [-0.1, -0.05) is 60.9 Å². The molecule has 4 aromatic carbocycles. The number of thiocarbonyl (C=S) groups is 1. The number of fused-ring (bicyclic) bond motifs is 7. The molecule has 0 fully saturated rings. The molecular weight excluding hydrogens is 679 g/mol. The third-order valence-corrected chi connectivity index (χ3v) is 9.00. The Bertz CT molecular complexity index is 2200. The van der Waals surface area contributed by atoms with Gasteiger partial charge in [-0.15, -0.1) is 0 Å². The van der Waals surface area contributed by atoms with Crippen molar-refractivity contribution in [3.63, 3.8) is 0 Å². The lowest BCUT2D eigenvalue weighted by Gasteiger charge is -2.36. The Hall–Kier alpha value is -6.51. The highest BCUT2D eigenvalue weighted by atomic mass is 32.1. The maximum Gasteiger partial charge on any atom is 0.407 e. The fraction of sp³-hybridized carbons (Fsp3) is 0.146. The van der Waals surface area contributed by atoms with E-state index in [1.54, 1.807) is 30.3 Å². The topological polar surface area (TPSA) is 138 Å². The maximum absolute atomic E-state index is 13.4. The number of phenolic OH excluding ortho intramolecular Hbond substituents is 2. The quantitative estimate of drug-likeness (QED) is 0.0657. The van der Waals surface area contributed by atoms with Crippen LogP contribution in [0.25, 0.3) is 0 Å². The minimum Gasteiger partial charge on any atom is -0.508 e. The van der Waals surface area contributed by atoms with Gasteiger partial charge < -0.3 is 40.4 Å². The molecule has 0 radical (unpaired) electrons. The Kier molecular flexibility index (Phi) is 9.39. The number of anilines is 1. The first-order chi connectivity index (χ1) is 25.2. The smallest absolute Gasteiger partial charge is 0.407 e. The number of carbonyl (C=O) groups excluding carboxylic acids is 2. The molecule has 52 heavy (non-hydrogen) atoms. The van der Waals surface area contributed by atoms with E-state index in [1.165, 1.54) is 24.3 Å². The van der Waals surface area contributed by atoms with E-state index in [0.29, 0.717) is 64.4 Å². The molecule has 7 rings (SSSR count).